The van der Waals surface area contributed by atoms with E-state index in [1.54, 1.807) is 7.11 Å². The fourth-order valence-corrected chi connectivity index (χ4v) is 3.46. The summed E-state index contributed by atoms with van der Waals surface area (Å²) in [6, 6.07) is 17.5. The molecule has 2 aromatic rings. The van der Waals surface area contributed by atoms with Gasteiger partial charge in [0.05, 0.1) is 5.25 Å². The van der Waals surface area contributed by atoms with Crippen LogP contribution >= 0.6 is 11.8 Å². The van der Waals surface area contributed by atoms with Gasteiger partial charge in [-0.05, 0) is 29.7 Å². The van der Waals surface area contributed by atoms with Crippen molar-refractivity contribution < 1.29 is 19.1 Å². The lowest BCUT2D eigenvalue weighted by Gasteiger charge is -2.17. The number of hydrogen-bond acceptors (Lipinski definition) is 5. The van der Waals surface area contributed by atoms with E-state index < -0.39 is 0 Å². The van der Waals surface area contributed by atoms with Crippen molar-refractivity contribution in [3.63, 3.8) is 0 Å². The van der Waals surface area contributed by atoms with E-state index in [-0.39, 0.29) is 22.5 Å². The first-order chi connectivity index (χ1) is 12.2. The molecule has 0 radical (unpaired) electrons. The molecule has 0 aromatic heterocycles. The predicted molar refractivity (Wildman–Crippen MR) is 96.8 cm³/mol. The summed E-state index contributed by atoms with van der Waals surface area (Å²) < 4.78 is 11.3. The van der Waals surface area contributed by atoms with E-state index in [2.05, 4.69) is 5.32 Å². The Labute approximate surface area is 150 Å². The Kier molecular flexibility index (Phi) is 5.73. The van der Waals surface area contributed by atoms with Crippen molar-refractivity contribution in [3.05, 3.63) is 65.7 Å². The number of amides is 2. The third kappa shape index (κ3) is 4.61. The van der Waals surface area contributed by atoms with Crippen LogP contribution in [0.2, 0.25) is 0 Å². The zero-order valence-corrected chi connectivity index (χ0v) is 14.6. The first kappa shape index (κ1) is 17.5. The highest BCUT2D eigenvalue weighted by molar-refractivity contribution is 8.15. The maximum Gasteiger partial charge on any atom is 0.286 e. The first-order valence-electron chi connectivity index (χ1n) is 7.96. The SMILES string of the molecule is COC(COc1ccc(CC2SC(=O)NC2=O)cc1)c1ccccc1. The Balaban J connectivity index is 1.55. The van der Waals surface area contributed by atoms with Crippen molar-refractivity contribution in [3.8, 4) is 5.75 Å². The molecule has 1 heterocycles. The maximum atomic E-state index is 11.6. The Morgan fingerprint density at radius 3 is 2.40 bits per heavy atom. The van der Waals surface area contributed by atoms with Crippen LogP contribution in [0.15, 0.2) is 54.6 Å². The van der Waals surface area contributed by atoms with Crippen LogP contribution in [0.4, 0.5) is 4.79 Å². The molecule has 1 saturated heterocycles. The molecule has 0 bridgehead atoms. The largest absolute Gasteiger partial charge is 0.491 e. The number of imide groups is 1. The molecule has 3 rings (SSSR count). The summed E-state index contributed by atoms with van der Waals surface area (Å²) in [5.74, 6) is 0.516. The molecule has 130 valence electrons. The van der Waals surface area contributed by atoms with Crippen molar-refractivity contribution in [2.75, 3.05) is 13.7 Å². The van der Waals surface area contributed by atoms with E-state index in [0.717, 1.165) is 28.6 Å². The molecule has 5 nitrogen and oxygen atoms in total. The minimum atomic E-state index is -0.352. The molecule has 1 fully saturated rings. The molecule has 0 spiro atoms. The Morgan fingerprint density at radius 2 is 1.80 bits per heavy atom. The second-order valence-corrected chi connectivity index (χ2v) is 6.85. The highest BCUT2D eigenvalue weighted by atomic mass is 32.2. The lowest BCUT2D eigenvalue weighted by atomic mass is 10.1. The fourth-order valence-electron chi connectivity index (χ4n) is 2.60. The average molecular weight is 357 g/mol. The summed E-state index contributed by atoms with van der Waals surface area (Å²) in [5, 5.41) is 1.67. The van der Waals surface area contributed by atoms with Gasteiger partial charge in [-0.15, -0.1) is 0 Å². The van der Waals surface area contributed by atoms with Gasteiger partial charge in [-0.2, -0.15) is 0 Å². The monoisotopic (exact) mass is 357 g/mol. The van der Waals surface area contributed by atoms with Gasteiger partial charge in [0.25, 0.3) is 5.24 Å². The van der Waals surface area contributed by atoms with Crippen LogP contribution in [0.5, 0.6) is 5.75 Å². The number of carbonyl (C=O) groups is 2. The predicted octanol–water partition coefficient (Wildman–Crippen LogP) is 3.35. The van der Waals surface area contributed by atoms with Gasteiger partial charge in [-0.25, -0.2) is 0 Å². The minimum Gasteiger partial charge on any atom is -0.491 e. The van der Waals surface area contributed by atoms with Gasteiger partial charge in [0, 0.05) is 7.11 Å². The summed E-state index contributed by atoms with van der Waals surface area (Å²) in [6.45, 7) is 0.412. The van der Waals surface area contributed by atoms with E-state index in [0.29, 0.717) is 13.0 Å². The maximum absolute atomic E-state index is 11.6. The number of ether oxygens (including phenoxy) is 2. The van der Waals surface area contributed by atoms with Crippen molar-refractivity contribution in [2.24, 2.45) is 0 Å². The molecule has 1 aliphatic heterocycles. The van der Waals surface area contributed by atoms with E-state index in [1.807, 2.05) is 54.6 Å². The van der Waals surface area contributed by atoms with E-state index >= 15 is 0 Å². The van der Waals surface area contributed by atoms with E-state index in [4.69, 9.17) is 9.47 Å². The van der Waals surface area contributed by atoms with Crippen LogP contribution in [-0.4, -0.2) is 30.1 Å². The molecule has 2 atom stereocenters. The third-order valence-electron chi connectivity index (χ3n) is 3.97. The number of hydrogen-bond donors (Lipinski definition) is 1. The first-order valence-corrected chi connectivity index (χ1v) is 8.84. The lowest BCUT2D eigenvalue weighted by molar-refractivity contribution is -0.118. The number of methoxy groups -OCH3 is 1. The summed E-state index contributed by atoms with van der Waals surface area (Å²) in [6.07, 6.45) is 0.387. The summed E-state index contributed by atoms with van der Waals surface area (Å²) in [5.41, 5.74) is 2.05. The standard InChI is InChI=1S/C19H19NO4S/c1-23-16(14-5-3-2-4-6-14)12-24-15-9-7-13(8-10-15)11-17-18(21)20-19(22)25-17/h2-10,16-17H,11-12H2,1H3,(H,20,21,22). The molecule has 0 saturated carbocycles. The summed E-state index contributed by atoms with van der Waals surface area (Å²) in [4.78, 5) is 22.8. The lowest BCUT2D eigenvalue weighted by Crippen LogP contribution is -2.25. The van der Waals surface area contributed by atoms with Crippen molar-refractivity contribution in [2.45, 2.75) is 17.8 Å². The molecule has 6 heteroatoms. The number of benzene rings is 2. The second-order valence-electron chi connectivity index (χ2n) is 5.68. The molecule has 1 aliphatic rings. The van der Waals surface area contributed by atoms with Gasteiger partial charge in [0.2, 0.25) is 5.91 Å². The van der Waals surface area contributed by atoms with Gasteiger partial charge >= 0.3 is 0 Å². The number of rotatable bonds is 7. The van der Waals surface area contributed by atoms with Crippen LogP contribution < -0.4 is 10.1 Å². The smallest absolute Gasteiger partial charge is 0.286 e. The van der Waals surface area contributed by atoms with Crippen LogP contribution in [0.3, 0.4) is 0 Å². The van der Waals surface area contributed by atoms with E-state index in [9.17, 15) is 9.59 Å². The second kappa shape index (κ2) is 8.18. The van der Waals surface area contributed by atoms with Crippen molar-refractivity contribution in [1.82, 2.24) is 5.32 Å². The number of nitrogens with one attached hydrogen (secondary N) is 1. The van der Waals surface area contributed by atoms with Gasteiger partial charge in [-0.1, -0.05) is 54.2 Å². The highest BCUT2D eigenvalue weighted by Gasteiger charge is 2.31. The molecular formula is C19H19NO4S. The van der Waals surface area contributed by atoms with E-state index in [1.165, 1.54) is 0 Å². The quantitative estimate of drug-likeness (QED) is 0.823. The molecule has 25 heavy (non-hydrogen) atoms. The van der Waals surface area contributed by atoms with Gasteiger partial charge < -0.3 is 9.47 Å². The number of carbonyl (C=O) groups excluding carboxylic acids is 2. The molecule has 2 aromatic carbocycles. The van der Waals surface area contributed by atoms with Gasteiger partial charge in [0.15, 0.2) is 0 Å². The minimum absolute atomic E-state index is 0.134. The topological polar surface area (TPSA) is 64.6 Å². The van der Waals surface area contributed by atoms with Crippen LogP contribution in [-0.2, 0) is 16.0 Å². The molecule has 1 N–H and O–H groups in total. The zero-order valence-electron chi connectivity index (χ0n) is 13.8. The average Bonchev–Trinajstić information content (AvgIpc) is 2.95. The fraction of sp³-hybridized carbons (Fsp3) is 0.263. The Bertz CT molecular complexity index is 733. The van der Waals surface area contributed by atoms with Crippen LogP contribution in [0.25, 0.3) is 0 Å². The highest BCUT2D eigenvalue weighted by Crippen LogP contribution is 2.24. The Morgan fingerprint density at radius 1 is 1.08 bits per heavy atom. The van der Waals surface area contributed by atoms with Crippen LogP contribution in [0, 0.1) is 0 Å². The third-order valence-corrected chi connectivity index (χ3v) is 4.95. The van der Waals surface area contributed by atoms with Crippen molar-refractivity contribution in [1.29, 1.82) is 0 Å². The van der Waals surface area contributed by atoms with Gasteiger partial charge in [-0.3, -0.25) is 14.9 Å². The summed E-state index contributed by atoms with van der Waals surface area (Å²) >= 11 is 1.04. The van der Waals surface area contributed by atoms with Crippen molar-refractivity contribution >= 4 is 22.9 Å². The summed E-state index contributed by atoms with van der Waals surface area (Å²) in [7, 11) is 1.66. The van der Waals surface area contributed by atoms with Crippen LogP contribution in [0.1, 0.15) is 17.2 Å². The van der Waals surface area contributed by atoms with Gasteiger partial charge in [0.1, 0.15) is 18.5 Å². The molecular weight excluding hydrogens is 338 g/mol. The molecule has 0 aliphatic carbocycles. The normalized spacial score (nSPS) is 18.0. The Hall–Kier alpha value is -2.31. The number of thioether (sulfide) groups is 1. The zero-order chi connectivity index (χ0) is 17.6. The molecule has 2 amide bonds. The molecule has 2 unspecified atom stereocenters.